The standard InChI is InChI=1S/C14H26N2O4/c1-4-5-12(13(17)18)15-14(19)16(8-9-20-3)10(2)11-6-7-11/h10-12H,4-9H2,1-3H3,(H,15,19)(H,17,18)/t10?,12-/m0/s1. The van der Waals surface area contributed by atoms with E-state index < -0.39 is 12.0 Å². The molecule has 1 aliphatic carbocycles. The molecule has 0 saturated heterocycles. The number of nitrogens with zero attached hydrogens (tertiary/aromatic N) is 1. The van der Waals surface area contributed by atoms with Crippen molar-refractivity contribution in [1.82, 2.24) is 10.2 Å². The lowest BCUT2D eigenvalue weighted by atomic mass is 10.1. The molecule has 1 aliphatic rings. The summed E-state index contributed by atoms with van der Waals surface area (Å²) in [5, 5.41) is 11.7. The topological polar surface area (TPSA) is 78.9 Å². The Morgan fingerprint density at radius 2 is 2.10 bits per heavy atom. The summed E-state index contributed by atoms with van der Waals surface area (Å²) in [6.45, 7) is 4.86. The zero-order chi connectivity index (χ0) is 15.1. The minimum atomic E-state index is -0.981. The van der Waals surface area contributed by atoms with Crippen molar-refractivity contribution in [2.45, 2.75) is 51.6 Å². The summed E-state index contributed by atoms with van der Waals surface area (Å²) >= 11 is 0. The van der Waals surface area contributed by atoms with Crippen molar-refractivity contribution >= 4 is 12.0 Å². The summed E-state index contributed by atoms with van der Waals surface area (Å²) in [5.41, 5.74) is 0. The Morgan fingerprint density at radius 1 is 1.45 bits per heavy atom. The molecule has 1 rings (SSSR count). The number of methoxy groups -OCH3 is 1. The summed E-state index contributed by atoms with van der Waals surface area (Å²) in [5.74, 6) is -0.446. The fourth-order valence-corrected chi connectivity index (χ4v) is 2.29. The number of carbonyl (C=O) groups is 2. The number of ether oxygens (including phenoxy) is 1. The molecule has 6 nitrogen and oxygen atoms in total. The van der Waals surface area contributed by atoms with E-state index in [0.717, 1.165) is 12.8 Å². The average molecular weight is 286 g/mol. The lowest BCUT2D eigenvalue weighted by Crippen LogP contribution is -2.52. The maximum Gasteiger partial charge on any atom is 0.326 e. The molecule has 0 heterocycles. The second kappa shape index (κ2) is 8.09. The van der Waals surface area contributed by atoms with E-state index in [0.29, 0.717) is 31.9 Å². The number of carbonyl (C=O) groups excluding carboxylic acids is 1. The van der Waals surface area contributed by atoms with Crippen LogP contribution in [-0.4, -0.2) is 54.4 Å². The number of aliphatic carboxylic acids is 1. The Labute approximate surface area is 120 Å². The molecule has 0 aliphatic heterocycles. The van der Waals surface area contributed by atoms with Crippen LogP contribution in [0.25, 0.3) is 0 Å². The second-order valence-corrected chi connectivity index (χ2v) is 5.39. The van der Waals surface area contributed by atoms with Gasteiger partial charge < -0.3 is 20.1 Å². The second-order valence-electron chi connectivity index (χ2n) is 5.39. The molecule has 0 aromatic heterocycles. The van der Waals surface area contributed by atoms with Crippen LogP contribution >= 0.6 is 0 Å². The Bertz CT molecular complexity index is 331. The molecule has 6 heteroatoms. The van der Waals surface area contributed by atoms with E-state index >= 15 is 0 Å². The van der Waals surface area contributed by atoms with Gasteiger partial charge in [-0.2, -0.15) is 0 Å². The van der Waals surface area contributed by atoms with Crippen LogP contribution in [-0.2, 0) is 9.53 Å². The lowest BCUT2D eigenvalue weighted by molar-refractivity contribution is -0.139. The third kappa shape index (κ3) is 5.00. The predicted octanol–water partition coefficient (Wildman–Crippen LogP) is 1.70. The van der Waals surface area contributed by atoms with E-state index in [1.165, 1.54) is 0 Å². The SMILES string of the molecule is CCC[C@H](NC(=O)N(CCOC)C(C)C1CC1)C(=O)O. The van der Waals surface area contributed by atoms with E-state index in [4.69, 9.17) is 9.84 Å². The summed E-state index contributed by atoms with van der Waals surface area (Å²) in [7, 11) is 1.59. The van der Waals surface area contributed by atoms with E-state index in [9.17, 15) is 9.59 Å². The van der Waals surface area contributed by atoms with Gasteiger partial charge in [-0.25, -0.2) is 9.59 Å². The number of amides is 2. The molecule has 1 saturated carbocycles. The molecule has 20 heavy (non-hydrogen) atoms. The van der Waals surface area contributed by atoms with Gasteiger partial charge in [-0.1, -0.05) is 13.3 Å². The van der Waals surface area contributed by atoms with Crippen LogP contribution in [0.1, 0.15) is 39.5 Å². The van der Waals surface area contributed by atoms with Gasteiger partial charge in [0.25, 0.3) is 0 Å². The molecule has 1 fully saturated rings. The van der Waals surface area contributed by atoms with Gasteiger partial charge in [0.15, 0.2) is 0 Å². The highest BCUT2D eigenvalue weighted by atomic mass is 16.5. The van der Waals surface area contributed by atoms with Gasteiger partial charge in [-0.3, -0.25) is 0 Å². The van der Waals surface area contributed by atoms with E-state index in [1.807, 2.05) is 13.8 Å². The van der Waals surface area contributed by atoms with Crippen LogP contribution in [0.15, 0.2) is 0 Å². The first kappa shape index (κ1) is 16.8. The molecular weight excluding hydrogens is 260 g/mol. The summed E-state index contributed by atoms with van der Waals surface area (Å²) in [6.07, 6.45) is 3.43. The van der Waals surface area contributed by atoms with Gasteiger partial charge in [0.2, 0.25) is 0 Å². The third-order valence-corrected chi connectivity index (χ3v) is 3.77. The van der Waals surface area contributed by atoms with E-state index in [2.05, 4.69) is 5.32 Å². The van der Waals surface area contributed by atoms with Crippen molar-refractivity contribution in [2.24, 2.45) is 5.92 Å². The van der Waals surface area contributed by atoms with Gasteiger partial charge in [0, 0.05) is 19.7 Å². The van der Waals surface area contributed by atoms with E-state index in [-0.39, 0.29) is 12.1 Å². The highest BCUT2D eigenvalue weighted by molar-refractivity contribution is 5.82. The van der Waals surface area contributed by atoms with Gasteiger partial charge >= 0.3 is 12.0 Å². The van der Waals surface area contributed by atoms with Gasteiger partial charge in [-0.15, -0.1) is 0 Å². The molecule has 0 aromatic carbocycles. The third-order valence-electron chi connectivity index (χ3n) is 3.77. The Hall–Kier alpha value is -1.30. The quantitative estimate of drug-likeness (QED) is 0.676. The van der Waals surface area contributed by atoms with Gasteiger partial charge in [-0.05, 0) is 32.1 Å². The van der Waals surface area contributed by atoms with Crippen LogP contribution in [0.3, 0.4) is 0 Å². The summed E-state index contributed by atoms with van der Waals surface area (Å²) in [6, 6.07) is -0.993. The van der Waals surface area contributed by atoms with Crippen molar-refractivity contribution in [3.63, 3.8) is 0 Å². The fourth-order valence-electron chi connectivity index (χ4n) is 2.29. The highest BCUT2D eigenvalue weighted by Crippen LogP contribution is 2.35. The molecule has 0 spiro atoms. The van der Waals surface area contributed by atoms with Crippen molar-refractivity contribution in [2.75, 3.05) is 20.3 Å². The molecule has 0 aromatic rings. The maximum absolute atomic E-state index is 12.3. The molecule has 2 atom stereocenters. The molecular formula is C14H26N2O4. The van der Waals surface area contributed by atoms with Crippen LogP contribution < -0.4 is 5.32 Å². The first-order valence-electron chi connectivity index (χ1n) is 7.30. The number of nitrogens with one attached hydrogen (secondary N) is 1. The molecule has 2 amide bonds. The largest absolute Gasteiger partial charge is 0.480 e. The minimum Gasteiger partial charge on any atom is -0.480 e. The van der Waals surface area contributed by atoms with Gasteiger partial charge in [0.05, 0.1) is 6.61 Å². The van der Waals surface area contributed by atoms with Crippen molar-refractivity contribution in [1.29, 1.82) is 0 Å². The Morgan fingerprint density at radius 3 is 2.55 bits per heavy atom. The van der Waals surface area contributed by atoms with Crippen molar-refractivity contribution in [3.8, 4) is 0 Å². The average Bonchev–Trinajstić information content (AvgIpc) is 3.22. The fraction of sp³-hybridized carbons (Fsp3) is 0.857. The predicted molar refractivity (Wildman–Crippen MR) is 75.6 cm³/mol. The van der Waals surface area contributed by atoms with Crippen LogP contribution in [0.4, 0.5) is 4.79 Å². The molecule has 0 bridgehead atoms. The monoisotopic (exact) mass is 286 g/mol. The smallest absolute Gasteiger partial charge is 0.326 e. The zero-order valence-electron chi connectivity index (χ0n) is 12.6. The first-order chi connectivity index (χ1) is 9.51. The Kier molecular flexibility index (Phi) is 6.78. The number of hydrogen-bond donors (Lipinski definition) is 2. The summed E-state index contributed by atoms with van der Waals surface area (Å²) in [4.78, 5) is 25.1. The van der Waals surface area contributed by atoms with E-state index in [1.54, 1.807) is 12.0 Å². The lowest BCUT2D eigenvalue weighted by Gasteiger charge is -2.30. The molecule has 1 unspecified atom stereocenters. The zero-order valence-corrected chi connectivity index (χ0v) is 12.6. The normalized spacial score (nSPS) is 17.4. The van der Waals surface area contributed by atoms with Crippen molar-refractivity contribution in [3.05, 3.63) is 0 Å². The van der Waals surface area contributed by atoms with Crippen LogP contribution in [0, 0.1) is 5.92 Å². The maximum atomic E-state index is 12.3. The molecule has 2 N–H and O–H groups in total. The number of hydrogen-bond acceptors (Lipinski definition) is 3. The van der Waals surface area contributed by atoms with Gasteiger partial charge in [0.1, 0.15) is 6.04 Å². The van der Waals surface area contributed by atoms with Crippen molar-refractivity contribution < 1.29 is 19.4 Å². The van der Waals surface area contributed by atoms with Crippen LogP contribution in [0.2, 0.25) is 0 Å². The molecule has 116 valence electrons. The number of rotatable bonds is 9. The summed E-state index contributed by atoms with van der Waals surface area (Å²) < 4.78 is 5.03. The molecule has 0 radical (unpaired) electrons. The number of carboxylic acids is 1. The number of carboxylic acid groups (broad SMARTS) is 1. The highest BCUT2D eigenvalue weighted by Gasteiger charge is 2.35. The number of urea groups is 1. The minimum absolute atomic E-state index is 0.126. The Balaban J connectivity index is 2.62. The first-order valence-corrected chi connectivity index (χ1v) is 7.30. The van der Waals surface area contributed by atoms with Crippen LogP contribution in [0.5, 0.6) is 0 Å².